The van der Waals surface area contributed by atoms with Crippen molar-refractivity contribution in [3.8, 4) is 0 Å². The van der Waals surface area contributed by atoms with Crippen molar-refractivity contribution in [3.63, 3.8) is 0 Å². The molecule has 98 valence electrons. The van der Waals surface area contributed by atoms with Crippen LogP contribution in [-0.4, -0.2) is 55.0 Å². The second kappa shape index (κ2) is 5.65. The Morgan fingerprint density at radius 3 is 2.41 bits per heavy atom. The van der Waals surface area contributed by atoms with E-state index in [0.29, 0.717) is 6.42 Å². The van der Waals surface area contributed by atoms with Crippen molar-refractivity contribution in [1.29, 1.82) is 0 Å². The highest BCUT2D eigenvalue weighted by molar-refractivity contribution is 5.81. The molecule has 0 aromatic rings. The summed E-state index contributed by atoms with van der Waals surface area (Å²) in [5.41, 5.74) is 5.97. The van der Waals surface area contributed by atoms with Gasteiger partial charge in [0.05, 0.1) is 6.04 Å². The molecule has 1 amide bonds. The Morgan fingerprint density at radius 2 is 2.06 bits per heavy atom. The maximum absolute atomic E-state index is 12.0. The molecule has 1 aliphatic rings. The van der Waals surface area contributed by atoms with E-state index in [-0.39, 0.29) is 11.4 Å². The van der Waals surface area contributed by atoms with Gasteiger partial charge in [-0.2, -0.15) is 0 Å². The minimum Gasteiger partial charge on any atom is -0.343 e. The number of hydrogen-bond acceptors (Lipinski definition) is 3. The molecule has 1 rings (SSSR count). The maximum atomic E-state index is 12.0. The summed E-state index contributed by atoms with van der Waals surface area (Å²) in [7, 11) is 6.01. The van der Waals surface area contributed by atoms with E-state index in [1.807, 2.05) is 7.05 Å². The SMILES string of the molecule is C=CCC(N)C(=O)N(C)CC1(N(C)C)CCC1. The van der Waals surface area contributed by atoms with Crippen molar-refractivity contribution in [3.05, 3.63) is 12.7 Å². The van der Waals surface area contributed by atoms with Crippen LogP contribution >= 0.6 is 0 Å². The first-order chi connectivity index (χ1) is 7.93. The molecule has 1 unspecified atom stereocenters. The normalized spacial score (nSPS) is 19.6. The zero-order valence-electron chi connectivity index (χ0n) is 11.3. The van der Waals surface area contributed by atoms with Crippen LogP contribution in [0, 0.1) is 0 Å². The lowest BCUT2D eigenvalue weighted by atomic mass is 9.75. The van der Waals surface area contributed by atoms with Gasteiger partial charge in [-0.1, -0.05) is 6.08 Å². The highest BCUT2D eigenvalue weighted by Gasteiger charge is 2.40. The van der Waals surface area contributed by atoms with Gasteiger partial charge < -0.3 is 15.5 Å². The summed E-state index contributed by atoms with van der Waals surface area (Å²) >= 11 is 0. The van der Waals surface area contributed by atoms with Gasteiger partial charge in [-0.15, -0.1) is 6.58 Å². The number of carbonyl (C=O) groups excluding carboxylic acids is 1. The highest BCUT2D eigenvalue weighted by atomic mass is 16.2. The number of rotatable bonds is 6. The molecule has 17 heavy (non-hydrogen) atoms. The first kappa shape index (κ1) is 14.2. The van der Waals surface area contributed by atoms with Crippen LogP contribution in [0.2, 0.25) is 0 Å². The van der Waals surface area contributed by atoms with Crippen molar-refractivity contribution < 1.29 is 4.79 Å². The molecule has 0 radical (unpaired) electrons. The van der Waals surface area contributed by atoms with Crippen molar-refractivity contribution in [2.24, 2.45) is 5.73 Å². The molecule has 0 saturated heterocycles. The van der Waals surface area contributed by atoms with E-state index in [0.717, 1.165) is 19.4 Å². The van der Waals surface area contributed by atoms with Gasteiger partial charge in [0.2, 0.25) is 5.91 Å². The minimum atomic E-state index is -0.447. The van der Waals surface area contributed by atoms with Crippen molar-refractivity contribution >= 4 is 5.91 Å². The molecule has 0 aromatic heterocycles. The van der Waals surface area contributed by atoms with Crippen LogP contribution in [0.5, 0.6) is 0 Å². The zero-order chi connectivity index (χ0) is 13.1. The summed E-state index contributed by atoms with van der Waals surface area (Å²) in [6.07, 6.45) is 5.81. The van der Waals surface area contributed by atoms with E-state index in [4.69, 9.17) is 5.73 Å². The van der Waals surface area contributed by atoms with Gasteiger partial charge >= 0.3 is 0 Å². The molecule has 0 aromatic carbocycles. The second-order valence-corrected chi connectivity index (χ2v) is 5.30. The third-order valence-corrected chi connectivity index (χ3v) is 3.88. The molecule has 0 aliphatic heterocycles. The number of nitrogens with two attached hydrogens (primary N) is 1. The topological polar surface area (TPSA) is 49.6 Å². The Bertz CT molecular complexity index is 284. The predicted molar refractivity (Wildman–Crippen MR) is 70.7 cm³/mol. The van der Waals surface area contributed by atoms with E-state index >= 15 is 0 Å². The molecular formula is C13H25N3O. The van der Waals surface area contributed by atoms with Crippen molar-refractivity contribution in [1.82, 2.24) is 9.80 Å². The number of likely N-dealkylation sites (N-methyl/N-ethyl adjacent to an activating group) is 2. The predicted octanol–water partition coefficient (Wildman–Crippen LogP) is 0.833. The third kappa shape index (κ3) is 3.07. The zero-order valence-corrected chi connectivity index (χ0v) is 11.3. The smallest absolute Gasteiger partial charge is 0.239 e. The van der Waals surface area contributed by atoms with Gasteiger partial charge in [0.15, 0.2) is 0 Å². The largest absolute Gasteiger partial charge is 0.343 e. The molecule has 1 saturated carbocycles. The summed E-state index contributed by atoms with van der Waals surface area (Å²) in [5, 5.41) is 0. The van der Waals surface area contributed by atoms with Gasteiger partial charge in [0.1, 0.15) is 0 Å². The van der Waals surface area contributed by atoms with Gasteiger partial charge in [-0.05, 0) is 39.8 Å². The molecule has 4 heteroatoms. The summed E-state index contributed by atoms with van der Waals surface area (Å²) in [6, 6.07) is -0.447. The molecule has 1 atom stereocenters. The van der Waals surface area contributed by atoms with Gasteiger partial charge in [0.25, 0.3) is 0 Å². The molecule has 2 N–H and O–H groups in total. The van der Waals surface area contributed by atoms with Crippen LogP contribution in [0.4, 0.5) is 0 Å². The Balaban J connectivity index is 2.55. The Hall–Kier alpha value is -0.870. The summed E-state index contributed by atoms with van der Waals surface area (Å²) in [5.74, 6) is 0.0121. The lowest BCUT2D eigenvalue weighted by Crippen LogP contribution is -2.58. The van der Waals surface area contributed by atoms with Crippen molar-refractivity contribution in [2.75, 3.05) is 27.7 Å². The van der Waals surface area contributed by atoms with Crippen molar-refractivity contribution in [2.45, 2.75) is 37.3 Å². The van der Waals surface area contributed by atoms with Gasteiger partial charge in [-0.25, -0.2) is 0 Å². The minimum absolute atomic E-state index is 0.0121. The standard InChI is InChI=1S/C13H25N3O/c1-5-7-11(14)12(17)16(4)10-13(15(2)3)8-6-9-13/h5,11H,1,6-10,14H2,2-4H3. The van der Waals surface area contributed by atoms with E-state index < -0.39 is 6.04 Å². The first-order valence-electron chi connectivity index (χ1n) is 6.22. The number of hydrogen-bond donors (Lipinski definition) is 1. The molecule has 4 nitrogen and oxygen atoms in total. The summed E-state index contributed by atoms with van der Waals surface area (Å²) in [4.78, 5) is 16.0. The molecular weight excluding hydrogens is 214 g/mol. The van der Waals surface area contributed by atoms with Gasteiger partial charge in [-0.3, -0.25) is 4.79 Å². The fourth-order valence-electron chi connectivity index (χ4n) is 2.41. The van der Waals surface area contributed by atoms with E-state index in [9.17, 15) is 4.79 Å². The van der Waals surface area contributed by atoms with Crippen LogP contribution in [0.3, 0.4) is 0 Å². The summed E-state index contributed by atoms with van der Waals surface area (Å²) in [6.45, 7) is 4.38. The average Bonchev–Trinajstić information content (AvgIpc) is 2.21. The number of amides is 1. The van der Waals surface area contributed by atoms with Crippen LogP contribution < -0.4 is 5.73 Å². The van der Waals surface area contributed by atoms with Crippen LogP contribution in [-0.2, 0) is 4.79 Å². The Labute approximate surface area is 104 Å². The average molecular weight is 239 g/mol. The monoisotopic (exact) mass is 239 g/mol. The molecule has 1 fully saturated rings. The van der Waals surface area contributed by atoms with E-state index in [1.54, 1.807) is 11.0 Å². The summed E-state index contributed by atoms with van der Waals surface area (Å²) < 4.78 is 0. The highest BCUT2D eigenvalue weighted by Crippen LogP contribution is 2.36. The maximum Gasteiger partial charge on any atom is 0.239 e. The van der Waals surface area contributed by atoms with Gasteiger partial charge in [0, 0.05) is 19.1 Å². The Morgan fingerprint density at radius 1 is 1.47 bits per heavy atom. The van der Waals surface area contributed by atoms with Crippen LogP contribution in [0.15, 0.2) is 12.7 Å². The first-order valence-corrected chi connectivity index (χ1v) is 6.22. The van der Waals surface area contributed by atoms with Crippen LogP contribution in [0.1, 0.15) is 25.7 Å². The lowest BCUT2D eigenvalue weighted by Gasteiger charge is -2.49. The third-order valence-electron chi connectivity index (χ3n) is 3.88. The quantitative estimate of drug-likeness (QED) is 0.699. The molecule has 1 aliphatic carbocycles. The van der Waals surface area contributed by atoms with E-state index in [1.165, 1.54) is 6.42 Å². The molecule has 0 heterocycles. The molecule has 0 bridgehead atoms. The second-order valence-electron chi connectivity index (χ2n) is 5.30. The fraction of sp³-hybridized carbons (Fsp3) is 0.769. The number of nitrogens with zero attached hydrogens (tertiary/aromatic N) is 2. The lowest BCUT2D eigenvalue weighted by molar-refractivity contribution is -0.134. The Kier molecular flexibility index (Phi) is 4.71. The van der Waals surface area contributed by atoms with E-state index in [2.05, 4.69) is 25.6 Å². The fourth-order valence-corrected chi connectivity index (χ4v) is 2.41. The van der Waals surface area contributed by atoms with Crippen LogP contribution in [0.25, 0.3) is 0 Å². The molecule has 0 spiro atoms. The number of carbonyl (C=O) groups is 1.